The summed E-state index contributed by atoms with van der Waals surface area (Å²) >= 11 is 0. The standard InChI is InChI=1S/C22H26N2O2/c1-22(2,3)18-8-5-15(6-9-18)21(26)23-14-20(25)17-7-10-19-16(13-17)11-12-24(19)4/h5-13,20,25H,14H2,1-4H3,(H,23,26). The Bertz CT molecular complexity index is 917. The molecule has 0 saturated carbocycles. The highest BCUT2D eigenvalue weighted by molar-refractivity contribution is 5.94. The molecule has 0 bridgehead atoms. The van der Waals surface area contributed by atoms with Gasteiger partial charge < -0.3 is 15.0 Å². The molecule has 0 aliphatic carbocycles. The van der Waals surface area contributed by atoms with E-state index in [1.165, 1.54) is 5.56 Å². The number of nitrogens with one attached hydrogen (secondary N) is 1. The zero-order chi connectivity index (χ0) is 18.9. The van der Waals surface area contributed by atoms with Crippen molar-refractivity contribution in [2.75, 3.05) is 6.54 Å². The van der Waals surface area contributed by atoms with Crippen LogP contribution in [0, 0.1) is 0 Å². The van der Waals surface area contributed by atoms with Gasteiger partial charge in [-0.05, 0) is 52.3 Å². The molecule has 3 rings (SSSR count). The summed E-state index contributed by atoms with van der Waals surface area (Å²) in [6.45, 7) is 6.60. The number of benzene rings is 2. The molecule has 136 valence electrons. The molecule has 0 spiro atoms. The van der Waals surface area contributed by atoms with E-state index in [0.29, 0.717) is 5.56 Å². The molecule has 2 aromatic carbocycles. The summed E-state index contributed by atoms with van der Waals surface area (Å²) in [7, 11) is 1.99. The fraction of sp³-hybridized carbons (Fsp3) is 0.318. The minimum Gasteiger partial charge on any atom is -0.387 e. The molecule has 26 heavy (non-hydrogen) atoms. The Kier molecular flexibility index (Phi) is 4.88. The van der Waals surface area contributed by atoms with Gasteiger partial charge in [-0.1, -0.05) is 39.0 Å². The number of amides is 1. The Morgan fingerprint density at radius 1 is 1.12 bits per heavy atom. The molecule has 4 heteroatoms. The number of hydrogen-bond acceptors (Lipinski definition) is 2. The number of nitrogens with zero attached hydrogens (tertiary/aromatic N) is 1. The molecule has 1 amide bonds. The summed E-state index contributed by atoms with van der Waals surface area (Å²) in [4.78, 5) is 12.3. The van der Waals surface area contributed by atoms with E-state index in [-0.39, 0.29) is 17.9 Å². The first-order valence-corrected chi connectivity index (χ1v) is 8.87. The second kappa shape index (κ2) is 6.96. The average Bonchev–Trinajstić information content (AvgIpc) is 2.99. The molecule has 0 radical (unpaired) electrons. The van der Waals surface area contributed by atoms with E-state index in [4.69, 9.17) is 0 Å². The quantitative estimate of drug-likeness (QED) is 0.749. The van der Waals surface area contributed by atoms with Crippen LogP contribution in [0.4, 0.5) is 0 Å². The summed E-state index contributed by atoms with van der Waals surface area (Å²) in [6.07, 6.45) is 1.25. The summed E-state index contributed by atoms with van der Waals surface area (Å²) in [5, 5.41) is 14.3. The van der Waals surface area contributed by atoms with Crippen LogP contribution in [0.3, 0.4) is 0 Å². The van der Waals surface area contributed by atoms with Crippen LogP contribution in [0.5, 0.6) is 0 Å². The predicted octanol–water partition coefficient (Wildman–Crippen LogP) is 3.94. The lowest BCUT2D eigenvalue weighted by molar-refractivity contribution is 0.0916. The zero-order valence-electron chi connectivity index (χ0n) is 15.8. The maximum Gasteiger partial charge on any atom is 0.251 e. The molecule has 0 saturated heterocycles. The second-order valence-corrected chi connectivity index (χ2v) is 7.80. The van der Waals surface area contributed by atoms with Gasteiger partial charge in [-0.2, -0.15) is 0 Å². The zero-order valence-corrected chi connectivity index (χ0v) is 15.8. The molecule has 0 fully saturated rings. The lowest BCUT2D eigenvalue weighted by Crippen LogP contribution is -2.28. The number of aromatic nitrogens is 1. The van der Waals surface area contributed by atoms with Crippen molar-refractivity contribution in [3.63, 3.8) is 0 Å². The highest BCUT2D eigenvalue weighted by Gasteiger charge is 2.15. The lowest BCUT2D eigenvalue weighted by atomic mass is 9.87. The second-order valence-electron chi connectivity index (χ2n) is 7.80. The van der Waals surface area contributed by atoms with Crippen LogP contribution >= 0.6 is 0 Å². The molecule has 1 unspecified atom stereocenters. The predicted molar refractivity (Wildman–Crippen MR) is 105 cm³/mol. The van der Waals surface area contributed by atoms with Gasteiger partial charge in [0.15, 0.2) is 0 Å². The topological polar surface area (TPSA) is 54.3 Å². The molecule has 0 aliphatic heterocycles. The summed E-state index contributed by atoms with van der Waals surface area (Å²) in [5.74, 6) is -0.176. The van der Waals surface area contributed by atoms with E-state index >= 15 is 0 Å². The normalized spacial score (nSPS) is 13.0. The van der Waals surface area contributed by atoms with Crippen molar-refractivity contribution in [2.24, 2.45) is 7.05 Å². The minimum atomic E-state index is -0.739. The van der Waals surface area contributed by atoms with Gasteiger partial charge in [-0.15, -0.1) is 0 Å². The average molecular weight is 350 g/mol. The van der Waals surface area contributed by atoms with Crippen LogP contribution in [0.25, 0.3) is 10.9 Å². The SMILES string of the molecule is Cn1ccc2cc(C(O)CNC(=O)c3ccc(C(C)(C)C)cc3)ccc21. The van der Waals surface area contributed by atoms with Crippen molar-refractivity contribution in [2.45, 2.75) is 32.3 Å². The number of aliphatic hydroxyl groups is 1. The van der Waals surface area contributed by atoms with E-state index in [1.54, 1.807) is 0 Å². The smallest absolute Gasteiger partial charge is 0.251 e. The van der Waals surface area contributed by atoms with Crippen LogP contribution < -0.4 is 5.32 Å². The Balaban J connectivity index is 1.64. The van der Waals surface area contributed by atoms with Gasteiger partial charge in [0.1, 0.15) is 0 Å². The molecule has 2 N–H and O–H groups in total. The first-order valence-electron chi connectivity index (χ1n) is 8.87. The monoisotopic (exact) mass is 350 g/mol. The van der Waals surface area contributed by atoms with E-state index < -0.39 is 6.10 Å². The van der Waals surface area contributed by atoms with Crippen LogP contribution in [0.2, 0.25) is 0 Å². The van der Waals surface area contributed by atoms with Gasteiger partial charge in [0.05, 0.1) is 6.10 Å². The van der Waals surface area contributed by atoms with E-state index in [9.17, 15) is 9.90 Å². The maximum atomic E-state index is 12.3. The Hall–Kier alpha value is -2.59. The molecule has 0 aliphatic rings. The van der Waals surface area contributed by atoms with Gasteiger partial charge in [-0.3, -0.25) is 4.79 Å². The number of fused-ring (bicyclic) bond motifs is 1. The van der Waals surface area contributed by atoms with Crippen molar-refractivity contribution < 1.29 is 9.90 Å². The third-order valence-corrected chi connectivity index (χ3v) is 4.76. The van der Waals surface area contributed by atoms with Crippen LogP contribution in [-0.4, -0.2) is 22.1 Å². The first-order chi connectivity index (χ1) is 12.3. The number of carbonyl (C=O) groups excluding carboxylic acids is 1. The molecule has 4 nitrogen and oxygen atoms in total. The third-order valence-electron chi connectivity index (χ3n) is 4.76. The molecular weight excluding hydrogens is 324 g/mol. The van der Waals surface area contributed by atoms with Gasteiger partial charge in [0.25, 0.3) is 5.91 Å². The maximum absolute atomic E-state index is 12.3. The molecule has 1 heterocycles. The van der Waals surface area contributed by atoms with Crippen LogP contribution in [0.15, 0.2) is 54.7 Å². The van der Waals surface area contributed by atoms with Crippen molar-refractivity contribution in [1.82, 2.24) is 9.88 Å². The van der Waals surface area contributed by atoms with Crippen LogP contribution in [-0.2, 0) is 12.5 Å². The van der Waals surface area contributed by atoms with Crippen molar-refractivity contribution in [3.05, 3.63) is 71.4 Å². The van der Waals surface area contributed by atoms with Crippen molar-refractivity contribution in [1.29, 1.82) is 0 Å². The summed E-state index contributed by atoms with van der Waals surface area (Å²) in [6, 6.07) is 15.5. The fourth-order valence-corrected chi connectivity index (χ4v) is 3.04. The minimum absolute atomic E-state index is 0.0568. The van der Waals surface area contributed by atoms with Gasteiger partial charge >= 0.3 is 0 Å². The number of aliphatic hydroxyl groups excluding tert-OH is 1. The third kappa shape index (κ3) is 3.81. The van der Waals surface area contributed by atoms with E-state index in [2.05, 4.69) is 26.1 Å². The summed E-state index contributed by atoms with van der Waals surface area (Å²) in [5.41, 5.74) is 3.76. The largest absolute Gasteiger partial charge is 0.387 e. The lowest BCUT2D eigenvalue weighted by Gasteiger charge is -2.19. The number of carbonyl (C=O) groups is 1. The van der Waals surface area contributed by atoms with E-state index in [1.807, 2.05) is 66.3 Å². The highest BCUT2D eigenvalue weighted by Crippen LogP contribution is 2.23. The molecule has 1 aromatic heterocycles. The van der Waals surface area contributed by atoms with E-state index in [0.717, 1.165) is 16.5 Å². The number of aryl methyl sites for hydroxylation is 1. The summed E-state index contributed by atoms with van der Waals surface area (Å²) < 4.78 is 2.04. The van der Waals surface area contributed by atoms with Crippen molar-refractivity contribution in [3.8, 4) is 0 Å². The Morgan fingerprint density at radius 2 is 1.81 bits per heavy atom. The van der Waals surface area contributed by atoms with Crippen molar-refractivity contribution >= 4 is 16.8 Å². The first kappa shape index (κ1) is 18.2. The van der Waals surface area contributed by atoms with Gasteiger partial charge in [0, 0.05) is 30.9 Å². The van der Waals surface area contributed by atoms with Gasteiger partial charge in [0.2, 0.25) is 0 Å². The Labute approximate surface area is 154 Å². The molecule has 1 atom stereocenters. The fourth-order valence-electron chi connectivity index (χ4n) is 3.04. The van der Waals surface area contributed by atoms with Gasteiger partial charge in [-0.25, -0.2) is 0 Å². The number of hydrogen-bond donors (Lipinski definition) is 2. The molecule has 3 aromatic rings. The highest BCUT2D eigenvalue weighted by atomic mass is 16.3. The molecular formula is C22H26N2O2. The van der Waals surface area contributed by atoms with Crippen LogP contribution in [0.1, 0.15) is 48.4 Å². The Morgan fingerprint density at radius 3 is 2.46 bits per heavy atom. The number of rotatable bonds is 4.